The molecule has 0 unspecified atom stereocenters. The zero-order chi connectivity index (χ0) is 25.2. The van der Waals surface area contributed by atoms with E-state index in [1.807, 2.05) is 19.1 Å². The molecule has 1 atom stereocenters. The quantitative estimate of drug-likeness (QED) is 0.279. The summed E-state index contributed by atoms with van der Waals surface area (Å²) in [6, 6.07) is 15.6. The van der Waals surface area contributed by atoms with Crippen molar-refractivity contribution >= 4 is 27.7 Å². The van der Waals surface area contributed by atoms with E-state index in [0.717, 1.165) is 16.8 Å². The van der Waals surface area contributed by atoms with E-state index in [-0.39, 0.29) is 29.1 Å². The van der Waals surface area contributed by atoms with Crippen molar-refractivity contribution in [2.45, 2.75) is 32.5 Å². The molecule has 0 aliphatic rings. The van der Waals surface area contributed by atoms with E-state index < -0.39 is 35.2 Å². The Hall–Kier alpha value is -4.01. The van der Waals surface area contributed by atoms with Gasteiger partial charge in [-0.1, -0.05) is 37.3 Å². The van der Waals surface area contributed by atoms with Gasteiger partial charge in [-0.2, -0.15) is 13.2 Å². The van der Waals surface area contributed by atoms with Crippen LogP contribution in [0.1, 0.15) is 26.0 Å². The highest BCUT2D eigenvalue weighted by atomic mass is 19.4. The number of hydrogen-bond donors (Lipinski definition) is 0. The number of benzene rings is 3. The van der Waals surface area contributed by atoms with Gasteiger partial charge in [-0.25, -0.2) is 4.79 Å². The van der Waals surface area contributed by atoms with E-state index in [4.69, 9.17) is 18.6 Å². The minimum Gasteiger partial charge on any atom is -0.479 e. The van der Waals surface area contributed by atoms with Gasteiger partial charge in [-0.05, 0) is 48.4 Å². The third-order valence-electron chi connectivity index (χ3n) is 5.11. The highest BCUT2D eigenvalue weighted by Crippen LogP contribution is 2.39. The fourth-order valence-electron chi connectivity index (χ4n) is 3.43. The van der Waals surface area contributed by atoms with Crippen LogP contribution in [0.4, 0.5) is 13.2 Å². The normalized spacial score (nSPS) is 12.5. The van der Waals surface area contributed by atoms with Crippen LogP contribution in [0.15, 0.2) is 69.9 Å². The molecule has 0 saturated carbocycles. The number of carbonyl (C=O) groups excluding carboxylic acids is 1. The maximum atomic E-state index is 13.8. The van der Waals surface area contributed by atoms with Gasteiger partial charge in [-0.15, -0.1) is 0 Å². The molecule has 35 heavy (non-hydrogen) atoms. The first kappa shape index (κ1) is 24.1. The fourth-order valence-corrected chi connectivity index (χ4v) is 3.43. The lowest BCUT2D eigenvalue weighted by molar-refractivity contribution is -0.154. The van der Waals surface area contributed by atoms with E-state index in [2.05, 4.69) is 0 Å². The van der Waals surface area contributed by atoms with Crippen LogP contribution in [-0.2, 0) is 15.7 Å². The topological polar surface area (TPSA) is 75.0 Å². The lowest BCUT2D eigenvalue weighted by Crippen LogP contribution is -2.26. The monoisotopic (exact) mass is 486 g/mol. The number of hydrogen-bond acceptors (Lipinski definition) is 6. The molecule has 0 aliphatic heterocycles. The Morgan fingerprint density at radius 3 is 2.43 bits per heavy atom. The summed E-state index contributed by atoms with van der Waals surface area (Å²) in [4.78, 5) is 24.9. The van der Waals surface area contributed by atoms with Crippen molar-refractivity contribution in [3.63, 3.8) is 0 Å². The lowest BCUT2D eigenvalue weighted by atomic mass is 10.1. The van der Waals surface area contributed by atoms with Gasteiger partial charge in [0.25, 0.3) is 5.76 Å². The SMILES string of the molecule is CCCOC(=O)[C@@H](C)Oc1ccc2c(=O)c(Oc3ccc4ccccc4c3)c(C(F)(F)F)oc2c1. The second-order valence-electron chi connectivity index (χ2n) is 7.78. The Labute approximate surface area is 197 Å². The lowest BCUT2D eigenvalue weighted by Gasteiger charge is -2.15. The van der Waals surface area contributed by atoms with Crippen LogP contribution >= 0.6 is 0 Å². The van der Waals surface area contributed by atoms with Crippen molar-refractivity contribution in [3.8, 4) is 17.2 Å². The van der Waals surface area contributed by atoms with Gasteiger partial charge in [0.15, 0.2) is 6.10 Å². The van der Waals surface area contributed by atoms with Crippen LogP contribution in [0.25, 0.3) is 21.7 Å². The fraction of sp³-hybridized carbons (Fsp3) is 0.231. The molecular weight excluding hydrogens is 465 g/mol. The van der Waals surface area contributed by atoms with Crippen LogP contribution in [0, 0.1) is 0 Å². The third-order valence-corrected chi connectivity index (χ3v) is 5.11. The molecule has 0 radical (unpaired) electrons. The van der Waals surface area contributed by atoms with Gasteiger partial charge in [-0.3, -0.25) is 4.79 Å². The van der Waals surface area contributed by atoms with Crippen molar-refractivity contribution in [1.82, 2.24) is 0 Å². The van der Waals surface area contributed by atoms with Crippen molar-refractivity contribution in [3.05, 3.63) is 76.6 Å². The first-order valence-electron chi connectivity index (χ1n) is 10.9. The van der Waals surface area contributed by atoms with Crippen LogP contribution in [0.3, 0.4) is 0 Å². The molecule has 0 aliphatic carbocycles. The minimum atomic E-state index is -5.01. The first-order chi connectivity index (χ1) is 16.7. The Balaban J connectivity index is 1.72. The van der Waals surface area contributed by atoms with E-state index in [0.29, 0.717) is 6.42 Å². The molecular formula is C26H21F3O6. The average molecular weight is 486 g/mol. The number of fused-ring (bicyclic) bond motifs is 2. The molecule has 0 N–H and O–H groups in total. The molecule has 3 aromatic carbocycles. The minimum absolute atomic E-state index is 0.0397. The highest BCUT2D eigenvalue weighted by molar-refractivity contribution is 5.84. The van der Waals surface area contributed by atoms with Crippen molar-refractivity contribution < 1.29 is 36.6 Å². The largest absolute Gasteiger partial charge is 0.479 e. The molecule has 6 nitrogen and oxygen atoms in total. The summed E-state index contributed by atoms with van der Waals surface area (Å²) in [6.07, 6.45) is -5.39. The van der Waals surface area contributed by atoms with Gasteiger partial charge < -0.3 is 18.6 Å². The number of alkyl halides is 3. The number of esters is 1. The molecule has 0 spiro atoms. The predicted octanol–water partition coefficient (Wildman–Crippen LogP) is 6.48. The molecule has 182 valence electrons. The summed E-state index contributed by atoms with van der Waals surface area (Å²) >= 11 is 0. The zero-order valence-corrected chi connectivity index (χ0v) is 18.8. The van der Waals surface area contributed by atoms with E-state index in [1.165, 1.54) is 31.2 Å². The summed E-state index contributed by atoms with van der Waals surface area (Å²) < 4.78 is 62.5. The zero-order valence-electron chi connectivity index (χ0n) is 18.8. The average Bonchev–Trinajstić information content (AvgIpc) is 2.83. The molecule has 9 heteroatoms. The molecule has 1 aromatic heterocycles. The molecule has 0 bridgehead atoms. The van der Waals surface area contributed by atoms with E-state index >= 15 is 0 Å². The van der Waals surface area contributed by atoms with Crippen molar-refractivity contribution in [2.24, 2.45) is 0 Å². The predicted molar refractivity (Wildman–Crippen MR) is 123 cm³/mol. The molecule has 0 saturated heterocycles. The molecule has 0 amide bonds. The summed E-state index contributed by atoms with van der Waals surface area (Å²) in [7, 11) is 0. The Bertz CT molecular complexity index is 1440. The second kappa shape index (κ2) is 9.69. The van der Waals surface area contributed by atoms with Gasteiger partial charge in [0.05, 0.1) is 12.0 Å². The van der Waals surface area contributed by atoms with Crippen LogP contribution in [0.5, 0.6) is 17.2 Å². The summed E-state index contributed by atoms with van der Waals surface area (Å²) in [5.74, 6) is -3.07. The maximum Gasteiger partial charge on any atom is 0.453 e. The maximum absolute atomic E-state index is 13.8. The van der Waals surface area contributed by atoms with Crippen LogP contribution in [-0.4, -0.2) is 18.7 Å². The highest BCUT2D eigenvalue weighted by Gasteiger charge is 2.40. The van der Waals surface area contributed by atoms with Crippen molar-refractivity contribution in [1.29, 1.82) is 0 Å². The van der Waals surface area contributed by atoms with Gasteiger partial charge in [0, 0.05) is 6.07 Å². The number of ether oxygens (including phenoxy) is 3. The summed E-state index contributed by atoms with van der Waals surface area (Å²) in [5, 5.41) is 1.46. The molecule has 4 rings (SSSR count). The third kappa shape index (κ3) is 5.24. The molecule has 4 aromatic rings. The molecule has 1 heterocycles. The van der Waals surface area contributed by atoms with E-state index in [9.17, 15) is 22.8 Å². The van der Waals surface area contributed by atoms with Gasteiger partial charge in [0.2, 0.25) is 11.2 Å². The van der Waals surface area contributed by atoms with Gasteiger partial charge in [0.1, 0.15) is 17.1 Å². The number of halogens is 3. The van der Waals surface area contributed by atoms with Crippen LogP contribution in [0.2, 0.25) is 0 Å². The Morgan fingerprint density at radius 2 is 1.71 bits per heavy atom. The smallest absolute Gasteiger partial charge is 0.453 e. The van der Waals surface area contributed by atoms with E-state index in [1.54, 1.807) is 18.2 Å². The Kier molecular flexibility index (Phi) is 6.68. The number of rotatable bonds is 7. The molecule has 0 fully saturated rings. The standard InChI is InChI=1S/C26H21F3O6/c1-3-12-32-25(31)15(2)33-19-10-11-20-21(14-19)35-24(26(27,28)29)23(22(20)30)34-18-9-8-16-6-4-5-7-17(16)13-18/h4-11,13-15H,3,12H2,1-2H3/t15-/m1/s1. The summed E-state index contributed by atoms with van der Waals surface area (Å²) in [6.45, 7) is 3.49. The number of carbonyl (C=O) groups is 1. The first-order valence-corrected chi connectivity index (χ1v) is 10.9. The van der Waals surface area contributed by atoms with Gasteiger partial charge >= 0.3 is 12.1 Å². The second-order valence-corrected chi connectivity index (χ2v) is 7.78. The van der Waals surface area contributed by atoms with Crippen LogP contribution < -0.4 is 14.9 Å². The Morgan fingerprint density at radius 1 is 1.00 bits per heavy atom. The van der Waals surface area contributed by atoms with Crippen molar-refractivity contribution in [2.75, 3.05) is 6.61 Å². The summed E-state index contributed by atoms with van der Waals surface area (Å²) in [5.41, 5.74) is -1.35.